The van der Waals surface area contributed by atoms with Gasteiger partial charge in [-0.25, -0.2) is 14.8 Å². The first-order valence-electron chi connectivity index (χ1n) is 13.2. The van der Waals surface area contributed by atoms with E-state index in [0.717, 1.165) is 85.3 Å². The number of nitrogens with one attached hydrogen (secondary N) is 1. The molecule has 9 nitrogen and oxygen atoms in total. The van der Waals surface area contributed by atoms with E-state index in [0.29, 0.717) is 18.3 Å². The van der Waals surface area contributed by atoms with E-state index in [1.807, 2.05) is 18.2 Å². The lowest BCUT2D eigenvalue weighted by Gasteiger charge is -2.25. The van der Waals surface area contributed by atoms with Crippen LogP contribution < -0.4 is 0 Å². The van der Waals surface area contributed by atoms with Crippen LogP contribution in [0.2, 0.25) is 0 Å². The molecule has 1 aliphatic carbocycles. The highest BCUT2D eigenvalue weighted by atomic mass is 16.4. The van der Waals surface area contributed by atoms with E-state index in [2.05, 4.69) is 62.6 Å². The molecule has 0 radical (unpaired) electrons. The molecule has 0 spiro atoms. The molecule has 5 rings (SSSR count). The molecule has 2 aromatic heterocycles. The number of aromatic amines is 1. The van der Waals surface area contributed by atoms with Gasteiger partial charge in [-0.1, -0.05) is 61.9 Å². The molecule has 1 saturated carbocycles. The molecule has 0 amide bonds. The van der Waals surface area contributed by atoms with Gasteiger partial charge in [0.15, 0.2) is 11.6 Å². The number of hydrogen-bond donors (Lipinski definition) is 2. The number of benzene rings is 2. The van der Waals surface area contributed by atoms with Crippen LogP contribution in [0.1, 0.15) is 62.7 Å². The van der Waals surface area contributed by atoms with E-state index >= 15 is 0 Å². The Hall–Kier alpha value is -3.88. The monoisotopic (exact) mass is 499 g/mol. The molecular formula is C28H33N7O2. The van der Waals surface area contributed by atoms with Crippen LogP contribution in [-0.2, 0) is 24.2 Å². The van der Waals surface area contributed by atoms with E-state index in [1.165, 1.54) is 0 Å². The van der Waals surface area contributed by atoms with Crippen LogP contribution in [0.15, 0.2) is 48.5 Å². The Balaban J connectivity index is 1.33. The van der Waals surface area contributed by atoms with E-state index in [-0.39, 0.29) is 5.92 Å². The second-order valence-corrected chi connectivity index (χ2v) is 9.96. The van der Waals surface area contributed by atoms with Crippen LogP contribution in [0.3, 0.4) is 0 Å². The smallest absolute Gasteiger partial charge is 0.306 e. The number of aryl methyl sites for hydroxylation is 1. The first kappa shape index (κ1) is 24.8. The normalized spacial score (nSPS) is 17.6. The van der Waals surface area contributed by atoms with Crippen LogP contribution in [-0.4, -0.2) is 46.5 Å². The minimum Gasteiger partial charge on any atom is -0.481 e. The maximum Gasteiger partial charge on any atom is 0.306 e. The van der Waals surface area contributed by atoms with Crippen molar-refractivity contribution < 1.29 is 9.90 Å². The number of aromatic nitrogens is 7. The highest BCUT2D eigenvalue weighted by Crippen LogP contribution is 2.32. The molecule has 37 heavy (non-hydrogen) atoms. The van der Waals surface area contributed by atoms with Gasteiger partial charge in [-0.15, -0.1) is 5.10 Å². The van der Waals surface area contributed by atoms with E-state index in [9.17, 15) is 9.90 Å². The van der Waals surface area contributed by atoms with Gasteiger partial charge in [0, 0.05) is 18.4 Å². The molecule has 0 aliphatic heterocycles. The zero-order valence-corrected chi connectivity index (χ0v) is 21.2. The third-order valence-electron chi connectivity index (χ3n) is 7.34. The predicted molar refractivity (Wildman–Crippen MR) is 140 cm³/mol. The second kappa shape index (κ2) is 11.5. The summed E-state index contributed by atoms with van der Waals surface area (Å²) in [7, 11) is 0. The largest absolute Gasteiger partial charge is 0.481 e. The zero-order valence-electron chi connectivity index (χ0n) is 21.2. The van der Waals surface area contributed by atoms with Crippen LogP contribution in [0, 0.1) is 11.8 Å². The number of tetrazole rings is 1. The molecule has 2 heterocycles. The molecule has 1 fully saturated rings. The molecule has 0 unspecified atom stereocenters. The summed E-state index contributed by atoms with van der Waals surface area (Å²) in [5.41, 5.74) is 4.27. The number of nitrogens with zero attached hydrogens (tertiary/aromatic N) is 6. The summed E-state index contributed by atoms with van der Waals surface area (Å²) in [5, 5.41) is 28.5. The van der Waals surface area contributed by atoms with Gasteiger partial charge in [0.1, 0.15) is 5.82 Å². The van der Waals surface area contributed by atoms with Gasteiger partial charge in [-0.2, -0.15) is 5.10 Å². The van der Waals surface area contributed by atoms with Crippen molar-refractivity contribution in [2.45, 2.75) is 64.8 Å². The molecule has 0 bridgehead atoms. The number of unbranched alkanes of at least 4 members (excludes halogenated alkanes) is 1. The molecule has 4 aromatic rings. The summed E-state index contributed by atoms with van der Waals surface area (Å²) in [4.78, 5) is 16.2. The van der Waals surface area contributed by atoms with Crippen LogP contribution in [0.5, 0.6) is 0 Å². The number of aliphatic carboxylic acids is 1. The van der Waals surface area contributed by atoms with Gasteiger partial charge in [-0.05, 0) is 65.1 Å². The minimum absolute atomic E-state index is 0.196. The van der Waals surface area contributed by atoms with Crippen molar-refractivity contribution in [1.29, 1.82) is 0 Å². The Labute approximate surface area is 216 Å². The topological polar surface area (TPSA) is 122 Å². The van der Waals surface area contributed by atoms with Gasteiger partial charge < -0.3 is 5.11 Å². The second-order valence-electron chi connectivity index (χ2n) is 9.96. The summed E-state index contributed by atoms with van der Waals surface area (Å²) in [5.74, 6) is 2.16. The lowest BCUT2D eigenvalue weighted by atomic mass is 9.80. The first-order chi connectivity index (χ1) is 18.1. The zero-order chi connectivity index (χ0) is 25.6. The summed E-state index contributed by atoms with van der Waals surface area (Å²) in [6.07, 6.45) is 7.29. The number of carboxylic acid groups (broad SMARTS) is 1. The number of carbonyl (C=O) groups is 1. The third kappa shape index (κ3) is 5.93. The van der Waals surface area contributed by atoms with E-state index in [4.69, 9.17) is 10.1 Å². The van der Waals surface area contributed by atoms with Crippen molar-refractivity contribution in [2.24, 2.45) is 11.8 Å². The standard InChI is InChI=1S/C28H33N7O2/c1-2-3-8-25-29-26(17-19-9-15-22(16-10-19)28(36)37)35(32-25)18-20-11-13-21(14-12-20)23-6-4-5-7-24(23)27-30-33-34-31-27/h4-7,11-14,19,22H,2-3,8-10,15-18H2,1H3,(H,36,37)(H,30,31,33,34). The minimum atomic E-state index is -0.660. The fourth-order valence-electron chi connectivity index (χ4n) is 5.19. The maximum absolute atomic E-state index is 11.3. The van der Waals surface area contributed by atoms with Gasteiger partial charge in [0.05, 0.1) is 12.5 Å². The predicted octanol–water partition coefficient (Wildman–Crippen LogP) is 4.95. The summed E-state index contributed by atoms with van der Waals surface area (Å²) < 4.78 is 2.05. The summed E-state index contributed by atoms with van der Waals surface area (Å²) in [6, 6.07) is 16.6. The van der Waals surface area contributed by atoms with Gasteiger partial charge >= 0.3 is 5.97 Å². The fourth-order valence-corrected chi connectivity index (χ4v) is 5.19. The van der Waals surface area contributed by atoms with Gasteiger partial charge in [0.25, 0.3) is 0 Å². The Bertz CT molecular complexity index is 1310. The van der Waals surface area contributed by atoms with Crippen molar-refractivity contribution in [3.8, 4) is 22.5 Å². The molecule has 0 atom stereocenters. The van der Waals surface area contributed by atoms with Crippen LogP contribution in [0.25, 0.3) is 22.5 Å². The number of H-pyrrole nitrogens is 1. The Morgan fingerprint density at radius 2 is 1.81 bits per heavy atom. The van der Waals surface area contributed by atoms with Crippen molar-refractivity contribution in [3.63, 3.8) is 0 Å². The SMILES string of the molecule is CCCCc1nc(CC2CCC(C(=O)O)CC2)n(Cc2ccc(-c3ccccc3-c3nnn[nH]3)cc2)n1. The molecule has 192 valence electrons. The van der Waals surface area contributed by atoms with Crippen molar-refractivity contribution in [2.75, 3.05) is 0 Å². The van der Waals surface area contributed by atoms with Crippen LogP contribution >= 0.6 is 0 Å². The lowest BCUT2D eigenvalue weighted by molar-refractivity contribution is -0.143. The van der Waals surface area contributed by atoms with Crippen LogP contribution in [0.4, 0.5) is 0 Å². The van der Waals surface area contributed by atoms with Gasteiger partial charge in [0.2, 0.25) is 0 Å². The number of carboxylic acids is 1. The number of hydrogen-bond acceptors (Lipinski definition) is 6. The molecule has 2 N–H and O–H groups in total. The highest BCUT2D eigenvalue weighted by Gasteiger charge is 2.27. The van der Waals surface area contributed by atoms with Gasteiger partial charge in [-0.3, -0.25) is 4.79 Å². The van der Waals surface area contributed by atoms with Crippen molar-refractivity contribution in [1.82, 2.24) is 35.4 Å². The van der Waals surface area contributed by atoms with E-state index in [1.54, 1.807) is 0 Å². The Morgan fingerprint density at radius 1 is 1.05 bits per heavy atom. The molecule has 0 saturated heterocycles. The maximum atomic E-state index is 11.3. The van der Waals surface area contributed by atoms with E-state index < -0.39 is 5.97 Å². The molecule has 1 aliphatic rings. The fraction of sp³-hybridized carbons (Fsp3) is 0.429. The quantitative estimate of drug-likeness (QED) is 0.316. The Morgan fingerprint density at radius 3 is 2.49 bits per heavy atom. The Kier molecular flexibility index (Phi) is 7.67. The van der Waals surface area contributed by atoms with Crippen molar-refractivity contribution in [3.05, 3.63) is 65.7 Å². The lowest BCUT2D eigenvalue weighted by Crippen LogP contribution is -2.23. The average Bonchev–Trinajstić information content (AvgIpc) is 3.59. The highest BCUT2D eigenvalue weighted by molar-refractivity contribution is 5.80. The first-order valence-corrected chi connectivity index (χ1v) is 13.2. The third-order valence-corrected chi connectivity index (χ3v) is 7.34. The average molecular weight is 500 g/mol. The summed E-state index contributed by atoms with van der Waals surface area (Å²) in [6.45, 7) is 2.84. The molecule has 2 aromatic carbocycles. The molecule has 9 heteroatoms. The number of rotatable bonds is 10. The van der Waals surface area contributed by atoms with Crippen molar-refractivity contribution >= 4 is 5.97 Å². The molecular weight excluding hydrogens is 466 g/mol. The summed E-state index contributed by atoms with van der Waals surface area (Å²) >= 11 is 0.